The first-order valence-electron chi connectivity index (χ1n) is 8.74. The van der Waals surface area contributed by atoms with E-state index in [0.717, 1.165) is 5.52 Å². The molecule has 0 fully saturated rings. The van der Waals surface area contributed by atoms with E-state index in [4.69, 9.17) is 4.98 Å². The first-order valence-corrected chi connectivity index (χ1v) is 9.61. The lowest BCUT2D eigenvalue weighted by atomic mass is 10.0. The third-order valence-electron chi connectivity index (χ3n) is 5.62. The van der Waals surface area contributed by atoms with Crippen LogP contribution >= 0.6 is 11.3 Å². The quantitative estimate of drug-likeness (QED) is 0.223. The molecule has 3 heteroatoms. The van der Waals surface area contributed by atoms with E-state index in [1.165, 1.54) is 53.6 Å². The molecule has 0 aliphatic carbocycles. The molecular weight excluding hydrogens is 336 g/mol. The zero-order chi connectivity index (χ0) is 16.8. The van der Waals surface area contributed by atoms with Crippen LogP contribution in [0.2, 0.25) is 0 Å². The highest BCUT2D eigenvalue weighted by Gasteiger charge is 2.19. The van der Waals surface area contributed by atoms with Gasteiger partial charge in [0.15, 0.2) is 0 Å². The Bertz CT molecular complexity index is 1630. The fourth-order valence-corrected chi connectivity index (χ4v) is 5.48. The van der Waals surface area contributed by atoms with Crippen molar-refractivity contribution in [1.29, 1.82) is 0 Å². The van der Waals surface area contributed by atoms with E-state index in [0.29, 0.717) is 0 Å². The number of pyridine rings is 2. The summed E-state index contributed by atoms with van der Waals surface area (Å²) in [4.78, 5) is 4.90. The lowest BCUT2D eigenvalue weighted by Gasteiger charge is -2.12. The molecule has 0 saturated carbocycles. The number of benzene rings is 3. The molecule has 0 amide bonds. The second kappa shape index (κ2) is 4.32. The molecule has 0 aliphatic heterocycles. The number of fused-ring (bicyclic) bond motifs is 8. The van der Waals surface area contributed by atoms with Gasteiger partial charge in [-0.25, -0.2) is 0 Å². The van der Waals surface area contributed by atoms with Gasteiger partial charge in [0.25, 0.3) is 0 Å². The van der Waals surface area contributed by atoms with Gasteiger partial charge in [0.2, 0.25) is 0 Å². The van der Waals surface area contributed by atoms with Gasteiger partial charge in [-0.05, 0) is 22.9 Å². The molecule has 0 unspecified atom stereocenters. The van der Waals surface area contributed by atoms with E-state index in [1.54, 1.807) is 11.3 Å². The number of para-hydroxylation sites is 1. The molecule has 4 heterocycles. The molecule has 3 aromatic carbocycles. The SMILES string of the molecule is c1cc2ccc3c4ccccc4n4c5c(ncc6ccsc65)c(c1)c2c34. The van der Waals surface area contributed by atoms with Gasteiger partial charge in [-0.1, -0.05) is 48.5 Å². The van der Waals surface area contributed by atoms with Crippen LogP contribution in [-0.4, -0.2) is 9.38 Å². The van der Waals surface area contributed by atoms with Crippen LogP contribution in [0, 0.1) is 0 Å². The molecule has 7 aromatic rings. The van der Waals surface area contributed by atoms with Crippen molar-refractivity contribution in [2.45, 2.75) is 0 Å². The highest BCUT2D eigenvalue weighted by atomic mass is 32.1. The summed E-state index contributed by atoms with van der Waals surface area (Å²) in [6.45, 7) is 0. The van der Waals surface area contributed by atoms with Crippen molar-refractivity contribution in [3.63, 3.8) is 0 Å². The van der Waals surface area contributed by atoms with Gasteiger partial charge in [-0.3, -0.25) is 4.98 Å². The van der Waals surface area contributed by atoms with Crippen LogP contribution in [0.3, 0.4) is 0 Å². The van der Waals surface area contributed by atoms with Crippen LogP contribution in [0.4, 0.5) is 0 Å². The van der Waals surface area contributed by atoms with Gasteiger partial charge >= 0.3 is 0 Å². The summed E-state index contributed by atoms with van der Waals surface area (Å²) in [5.74, 6) is 0. The van der Waals surface area contributed by atoms with Crippen molar-refractivity contribution in [1.82, 2.24) is 9.38 Å². The van der Waals surface area contributed by atoms with E-state index in [2.05, 4.69) is 70.4 Å². The molecule has 26 heavy (non-hydrogen) atoms. The predicted octanol–water partition coefficient (Wildman–Crippen LogP) is 6.60. The van der Waals surface area contributed by atoms with Gasteiger partial charge in [-0.2, -0.15) is 0 Å². The number of rotatable bonds is 0. The van der Waals surface area contributed by atoms with Crippen molar-refractivity contribution in [2.24, 2.45) is 0 Å². The topological polar surface area (TPSA) is 17.3 Å². The van der Waals surface area contributed by atoms with Gasteiger partial charge in [0, 0.05) is 33.1 Å². The smallest absolute Gasteiger partial charge is 0.0964 e. The molecule has 7 rings (SSSR count). The van der Waals surface area contributed by atoms with Crippen LogP contribution < -0.4 is 0 Å². The monoisotopic (exact) mass is 348 g/mol. The average molecular weight is 348 g/mol. The summed E-state index contributed by atoms with van der Waals surface area (Å²) in [5.41, 5.74) is 4.89. The van der Waals surface area contributed by atoms with Gasteiger partial charge in [0.1, 0.15) is 0 Å². The van der Waals surface area contributed by atoms with E-state index in [9.17, 15) is 0 Å². The first kappa shape index (κ1) is 13.1. The van der Waals surface area contributed by atoms with Crippen molar-refractivity contribution >= 4 is 70.4 Å². The van der Waals surface area contributed by atoms with E-state index in [1.807, 2.05) is 6.20 Å². The zero-order valence-corrected chi connectivity index (χ0v) is 14.5. The second-order valence-corrected chi connectivity index (χ2v) is 7.79. The Labute approximate surface area is 152 Å². The fourth-order valence-electron chi connectivity index (χ4n) is 4.58. The Balaban J connectivity index is 2.04. The van der Waals surface area contributed by atoms with Crippen molar-refractivity contribution in [2.75, 3.05) is 0 Å². The Kier molecular flexibility index (Phi) is 2.17. The number of aromatic nitrogens is 2. The minimum atomic E-state index is 1.09. The van der Waals surface area contributed by atoms with Crippen LogP contribution in [0.5, 0.6) is 0 Å². The molecule has 2 nitrogen and oxygen atoms in total. The maximum atomic E-state index is 4.90. The Hall–Kier alpha value is -3.17. The predicted molar refractivity (Wildman–Crippen MR) is 112 cm³/mol. The summed E-state index contributed by atoms with van der Waals surface area (Å²) in [6.07, 6.45) is 2.01. The van der Waals surface area contributed by atoms with Crippen LogP contribution in [-0.2, 0) is 0 Å². The van der Waals surface area contributed by atoms with E-state index < -0.39 is 0 Å². The largest absolute Gasteiger partial charge is 0.305 e. The minimum absolute atomic E-state index is 1.09. The molecule has 120 valence electrons. The van der Waals surface area contributed by atoms with Crippen molar-refractivity contribution in [3.05, 3.63) is 72.2 Å². The highest BCUT2D eigenvalue weighted by Crippen LogP contribution is 2.42. The third-order valence-corrected chi connectivity index (χ3v) is 6.56. The summed E-state index contributed by atoms with van der Waals surface area (Å²) in [7, 11) is 0. The Morgan fingerprint density at radius 3 is 2.65 bits per heavy atom. The molecule has 0 saturated heterocycles. The second-order valence-electron chi connectivity index (χ2n) is 6.88. The fraction of sp³-hybridized carbons (Fsp3) is 0. The third kappa shape index (κ3) is 1.35. The number of hydrogen-bond donors (Lipinski definition) is 0. The molecule has 0 radical (unpaired) electrons. The van der Waals surface area contributed by atoms with E-state index in [-0.39, 0.29) is 0 Å². The van der Waals surface area contributed by atoms with Crippen LogP contribution in [0.15, 0.2) is 72.2 Å². The molecule has 0 bridgehead atoms. The number of thiophene rings is 1. The summed E-state index contributed by atoms with van der Waals surface area (Å²) >= 11 is 1.80. The average Bonchev–Trinajstić information content (AvgIpc) is 3.30. The van der Waals surface area contributed by atoms with Crippen LogP contribution in [0.1, 0.15) is 0 Å². The molecule has 0 spiro atoms. The lowest BCUT2D eigenvalue weighted by Crippen LogP contribution is -1.94. The molecule has 0 aliphatic rings. The summed E-state index contributed by atoms with van der Waals surface area (Å²) < 4.78 is 3.76. The summed E-state index contributed by atoms with van der Waals surface area (Å²) in [6, 6.07) is 22.0. The van der Waals surface area contributed by atoms with Gasteiger partial charge in [-0.15, -0.1) is 11.3 Å². The van der Waals surface area contributed by atoms with Crippen molar-refractivity contribution in [3.8, 4) is 0 Å². The Morgan fingerprint density at radius 1 is 0.731 bits per heavy atom. The minimum Gasteiger partial charge on any atom is -0.305 e. The molecule has 0 N–H and O–H groups in total. The van der Waals surface area contributed by atoms with Crippen molar-refractivity contribution < 1.29 is 0 Å². The zero-order valence-electron chi connectivity index (χ0n) is 13.7. The standard InChI is InChI=1S/C23H12N2S/c1-2-7-18-15(5-1)16-9-8-13-4-3-6-17-19(13)21(16)25(18)22-20(17)24-12-14-10-11-26-23(14)22/h1-12H. The van der Waals surface area contributed by atoms with E-state index >= 15 is 0 Å². The summed E-state index contributed by atoms with van der Waals surface area (Å²) in [5, 5.41) is 9.84. The first-order chi connectivity index (χ1) is 12.9. The maximum Gasteiger partial charge on any atom is 0.0964 e. The normalized spacial score (nSPS) is 12.6. The highest BCUT2D eigenvalue weighted by molar-refractivity contribution is 7.18. The number of hydrogen-bond acceptors (Lipinski definition) is 2. The lowest BCUT2D eigenvalue weighted by molar-refractivity contribution is 1.34. The molecular formula is C23H12N2S. The number of nitrogens with zero attached hydrogens (tertiary/aromatic N) is 2. The maximum absolute atomic E-state index is 4.90. The Morgan fingerprint density at radius 2 is 1.65 bits per heavy atom. The van der Waals surface area contributed by atoms with Crippen LogP contribution in [0.25, 0.3) is 59.1 Å². The molecule has 4 aromatic heterocycles. The van der Waals surface area contributed by atoms with Gasteiger partial charge < -0.3 is 4.40 Å². The molecule has 0 atom stereocenters. The van der Waals surface area contributed by atoms with Gasteiger partial charge in [0.05, 0.1) is 26.8 Å².